The van der Waals surface area contributed by atoms with Crippen LogP contribution in [-0.4, -0.2) is 20.7 Å². The van der Waals surface area contributed by atoms with Crippen molar-refractivity contribution in [2.45, 2.75) is 45.6 Å². The Labute approximate surface area is 87.3 Å². The molecule has 0 amide bonds. The van der Waals surface area contributed by atoms with E-state index in [-0.39, 0.29) is 6.04 Å². The summed E-state index contributed by atoms with van der Waals surface area (Å²) in [5.41, 5.74) is 0. The molecule has 0 aromatic heterocycles. The number of hydrogen-bond donors (Lipinski definition) is 1. The van der Waals surface area contributed by atoms with Gasteiger partial charge in [0.05, 0.1) is 6.26 Å². The largest absolute Gasteiger partial charge is 0.213 e. The molecule has 1 saturated carbocycles. The third kappa shape index (κ3) is 3.58. The van der Waals surface area contributed by atoms with Gasteiger partial charge in [0, 0.05) is 6.04 Å². The molecule has 1 fully saturated rings. The summed E-state index contributed by atoms with van der Waals surface area (Å²) in [6, 6.07) is 0.166. The van der Waals surface area contributed by atoms with Crippen LogP contribution >= 0.6 is 0 Å². The smallest absolute Gasteiger partial charge is 0.208 e. The third-order valence-electron chi connectivity index (χ3n) is 3.04. The second kappa shape index (κ2) is 4.62. The summed E-state index contributed by atoms with van der Waals surface area (Å²) in [5.74, 6) is 1.08. The van der Waals surface area contributed by atoms with E-state index in [0.717, 1.165) is 19.3 Å². The molecule has 0 aromatic carbocycles. The van der Waals surface area contributed by atoms with Crippen molar-refractivity contribution in [1.29, 1.82) is 0 Å². The molecule has 0 saturated heterocycles. The Morgan fingerprint density at radius 1 is 1.21 bits per heavy atom. The van der Waals surface area contributed by atoms with Crippen LogP contribution in [-0.2, 0) is 10.0 Å². The Morgan fingerprint density at radius 3 is 2.29 bits per heavy atom. The second-order valence-electron chi connectivity index (χ2n) is 4.69. The molecular formula is C10H21NO2S. The van der Waals surface area contributed by atoms with Crippen molar-refractivity contribution in [2.75, 3.05) is 6.26 Å². The maximum absolute atomic E-state index is 11.2. The van der Waals surface area contributed by atoms with Crippen LogP contribution in [0.3, 0.4) is 0 Å². The Kier molecular flexibility index (Phi) is 3.95. The van der Waals surface area contributed by atoms with E-state index in [9.17, 15) is 8.42 Å². The minimum Gasteiger partial charge on any atom is -0.213 e. The number of hydrogen-bond acceptors (Lipinski definition) is 2. The van der Waals surface area contributed by atoms with E-state index in [1.54, 1.807) is 0 Å². The van der Waals surface area contributed by atoms with Gasteiger partial charge in [-0.15, -0.1) is 0 Å². The average molecular weight is 219 g/mol. The lowest BCUT2D eigenvalue weighted by Crippen LogP contribution is -2.43. The Bertz CT molecular complexity index is 272. The van der Waals surface area contributed by atoms with Gasteiger partial charge >= 0.3 is 0 Å². The maximum atomic E-state index is 11.2. The van der Waals surface area contributed by atoms with E-state index in [1.165, 1.54) is 12.7 Å². The molecule has 1 aliphatic rings. The summed E-state index contributed by atoms with van der Waals surface area (Å²) in [4.78, 5) is 0. The molecule has 0 bridgehead atoms. The van der Waals surface area contributed by atoms with Gasteiger partial charge in [-0.25, -0.2) is 13.1 Å². The van der Waals surface area contributed by atoms with E-state index >= 15 is 0 Å². The summed E-state index contributed by atoms with van der Waals surface area (Å²) < 4.78 is 25.1. The molecule has 0 spiro atoms. The SMILES string of the molecule is CC(C)[C@@H]1CCCC[C@H]1NS(C)(=O)=O. The number of rotatable bonds is 3. The predicted octanol–water partition coefficient (Wildman–Crippen LogP) is 1.75. The monoisotopic (exact) mass is 219 g/mol. The van der Waals surface area contributed by atoms with E-state index in [2.05, 4.69) is 18.6 Å². The molecule has 1 aliphatic carbocycles. The van der Waals surface area contributed by atoms with Crippen molar-refractivity contribution >= 4 is 10.0 Å². The quantitative estimate of drug-likeness (QED) is 0.786. The lowest BCUT2D eigenvalue weighted by molar-refractivity contribution is 0.226. The van der Waals surface area contributed by atoms with Gasteiger partial charge in [-0.3, -0.25) is 0 Å². The van der Waals surface area contributed by atoms with Crippen LogP contribution in [0, 0.1) is 11.8 Å². The second-order valence-corrected chi connectivity index (χ2v) is 6.47. The van der Waals surface area contributed by atoms with Gasteiger partial charge in [-0.05, 0) is 24.7 Å². The first-order chi connectivity index (χ1) is 6.40. The van der Waals surface area contributed by atoms with Crippen LogP contribution in [0.2, 0.25) is 0 Å². The topological polar surface area (TPSA) is 46.2 Å². The zero-order chi connectivity index (χ0) is 10.8. The van der Waals surface area contributed by atoms with Gasteiger partial charge in [0.2, 0.25) is 10.0 Å². The van der Waals surface area contributed by atoms with Crippen LogP contribution in [0.1, 0.15) is 39.5 Å². The van der Waals surface area contributed by atoms with Gasteiger partial charge < -0.3 is 0 Å². The Morgan fingerprint density at radius 2 is 1.79 bits per heavy atom. The van der Waals surface area contributed by atoms with Crippen LogP contribution in [0.25, 0.3) is 0 Å². The van der Waals surface area contributed by atoms with E-state index in [1.807, 2.05) is 0 Å². The highest BCUT2D eigenvalue weighted by Gasteiger charge is 2.29. The molecule has 84 valence electrons. The van der Waals surface area contributed by atoms with Crippen molar-refractivity contribution in [1.82, 2.24) is 4.72 Å². The lowest BCUT2D eigenvalue weighted by Gasteiger charge is -2.34. The normalized spacial score (nSPS) is 29.4. The highest BCUT2D eigenvalue weighted by molar-refractivity contribution is 7.88. The molecule has 0 heterocycles. The Hall–Kier alpha value is -0.0900. The molecule has 14 heavy (non-hydrogen) atoms. The zero-order valence-electron chi connectivity index (χ0n) is 9.29. The maximum Gasteiger partial charge on any atom is 0.208 e. The zero-order valence-corrected chi connectivity index (χ0v) is 10.1. The third-order valence-corrected chi connectivity index (χ3v) is 3.77. The fourth-order valence-corrected chi connectivity index (χ4v) is 3.22. The molecule has 0 aliphatic heterocycles. The molecule has 1 rings (SSSR count). The van der Waals surface area contributed by atoms with Crippen molar-refractivity contribution in [3.63, 3.8) is 0 Å². The highest BCUT2D eigenvalue weighted by Crippen LogP contribution is 2.30. The molecule has 0 radical (unpaired) electrons. The minimum absolute atomic E-state index is 0.166. The number of sulfonamides is 1. The molecule has 0 aromatic rings. The van der Waals surface area contributed by atoms with Crippen molar-refractivity contribution in [2.24, 2.45) is 11.8 Å². The Balaban J connectivity index is 2.63. The van der Waals surface area contributed by atoms with Crippen LogP contribution < -0.4 is 4.72 Å². The van der Waals surface area contributed by atoms with Crippen LogP contribution in [0.5, 0.6) is 0 Å². The van der Waals surface area contributed by atoms with E-state index in [0.29, 0.717) is 11.8 Å². The molecule has 2 atom stereocenters. The van der Waals surface area contributed by atoms with Gasteiger partial charge in [-0.2, -0.15) is 0 Å². The minimum atomic E-state index is -3.04. The van der Waals surface area contributed by atoms with Gasteiger partial charge in [0.15, 0.2) is 0 Å². The van der Waals surface area contributed by atoms with Crippen LogP contribution in [0.15, 0.2) is 0 Å². The van der Waals surface area contributed by atoms with E-state index in [4.69, 9.17) is 0 Å². The molecule has 1 N–H and O–H groups in total. The molecule has 3 nitrogen and oxygen atoms in total. The fraction of sp³-hybridized carbons (Fsp3) is 1.00. The number of nitrogens with one attached hydrogen (secondary N) is 1. The van der Waals surface area contributed by atoms with Crippen molar-refractivity contribution in [3.05, 3.63) is 0 Å². The molecule has 4 heteroatoms. The summed E-state index contributed by atoms with van der Waals surface area (Å²) in [5, 5.41) is 0. The molecular weight excluding hydrogens is 198 g/mol. The summed E-state index contributed by atoms with van der Waals surface area (Å²) >= 11 is 0. The summed E-state index contributed by atoms with van der Waals surface area (Å²) in [7, 11) is -3.04. The van der Waals surface area contributed by atoms with Crippen molar-refractivity contribution in [3.8, 4) is 0 Å². The lowest BCUT2D eigenvalue weighted by atomic mass is 9.78. The van der Waals surface area contributed by atoms with Gasteiger partial charge in [-0.1, -0.05) is 26.7 Å². The van der Waals surface area contributed by atoms with Gasteiger partial charge in [0.1, 0.15) is 0 Å². The van der Waals surface area contributed by atoms with E-state index < -0.39 is 10.0 Å². The van der Waals surface area contributed by atoms with Gasteiger partial charge in [0.25, 0.3) is 0 Å². The fourth-order valence-electron chi connectivity index (χ4n) is 2.38. The van der Waals surface area contributed by atoms with Crippen molar-refractivity contribution < 1.29 is 8.42 Å². The first-order valence-electron chi connectivity index (χ1n) is 5.37. The summed E-state index contributed by atoms with van der Waals surface area (Å²) in [6.07, 6.45) is 5.79. The highest BCUT2D eigenvalue weighted by atomic mass is 32.2. The van der Waals surface area contributed by atoms with Crippen LogP contribution in [0.4, 0.5) is 0 Å². The predicted molar refractivity (Wildman–Crippen MR) is 58.6 cm³/mol. The summed E-state index contributed by atoms with van der Waals surface area (Å²) in [6.45, 7) is 4.35. The average Bonchev–Trinajstić information content (AvgIpc) is 2.01. The molecule has 0 unspecified atom stereocenters. The first-order valence-corrected chi connectivity index (χ1v) is 7.26. The first kappa shape index (κ1) is 12.0. The standard InChI is InChI=1S/C10H21NO2S/c1-8(2)9-6-4-5-7-10(9)11-14(3,12)13/h8-11H,4-7H2,1-3H3/t9-,10+/m0/s1.